The number of carbonyl (C=O) groups excluding carboxylic acids is 1. The molecule has 166 valence electrons. The first-order valence-corrected chi connectivity index (χ1v) is 11.0. The van der Waals surface area contributed by atoms with Gasteiger partial charge in [-0.15, -0.1) is 0 Å². The van der Waals surface area contributed by atoms with Crippen LogP contribution in [0.25, 0.3) is 11.4 Å². The number of anilines is 2. The molecule has 0 unspecified atom stereocenters. The lowest BCUT2D eigenvalue weighted by Crippen LogP contribution is -2.50. The minimum absolute atomic E-state index is 0.104. The van der Waals surface area contributed by atoms with Gasteiger partial charge in [0, 0.05) is 43.3 Å². The van der Waals surface area contributed by atoms with Crippen LogP contribution in [0.4, 0.5) is 16.2 Å². The normalized spacial score (nSPS) is 16.2. The Morgan fingerprint density at radius 2 is 1.84 bits per heavy atom. The highest BCUT2D eigenvalue weighted by molar-refractivity contribution is 5.91. The summed E-state index contributed by atoms with van der Waals surface area (Å²) in [5.74, 6) is 2.51. The highest BCUT2D eigenvalue weighted by Gasteiger charge is 2.30. The van der Waals surface area contributed by atoms with Crippen LogP contribution in [0.3, 0.4) is 0 Å². The zero-order chi connectivity index (χ0) is 22.1. The number of nitrogens with one attached hydrogen (secondary N) is 1. The van der Waals surface area contributed by atoms with Crippen LogP contribution >= 0.6 is 0 Å². The minimum Gasteiger partial charge on any atom is -0.495 e. The van der Waals surface area contributed by atoms with E-state index in [1.807, 2.05) is 42.2 Å². The van der Waals surface area contributed by atoms with Gasteiger partial charge in [-0.1, -0.05) is 11.2 Å². The van der Waals surface area contributed by atoms with Gasteiger partial charge in [-0.2, -0.15) is 4.98 Å². The summed E-state index contributed by atoms with van der Waals surface area (Å²) in [7, 11) is 1.61. The summed E-state index contributed by atoms with van der Waals surface area (Å²) in [6.07, 6.45) is 2.28. The third-order valence-electron chi connectivity index (χ3n) is 6.02. The van der Waals surface area contributed by atoms with Crippen molar-refractivity contribution in [3.63, 3.8) is 0 Å². The Morgan fingerprint density at radius 1 is 1.09 bits per heavy atom. The predicted octanol–water partition coefficient (Wildman–Crippen LogP) is 4.29. The summed E-state index contributed by atoms with van der Waals surface area (Å²) in [6.45, 7) is 4.83. The number of rotatable bonds is 5. The average molecular weight is 434 g/mol. The number of hydrogen-bond acceptors (Lipinski definition) is 6. The SMILES string of the molecule is COc1ccc(C)cc1NC(=O)N1CCN(c2ccc(-c3noc(C4CC4)n3)cc2)CC1. The standard InChI is InChI=1S/C24H27N5O3/c1-16-3-10-21(31-2)20(15-16)25-24(30)29-13-11-28(12-14-29)19-8-6-17(7-9-19)22-26-23(32-27-22)18-4-5-18/h3,6-10,15,18H,4-5,11-14H2,1-2H3,(H,25,30). The molecule has 2 fully saturated rings. The van der Waals surface area contributed by atoms with Crippen molar-refractivity contribution in [3.05, 3.63) is 53.9 Å². The van der Waals surface area contributed by atoms with Gasteiger partial charge in [0.15, 0.2) is 0 Å². The highest BCUT2D eigenvalue weighted by atomic mass is 16.5. The first kappa shape index (κ1) is 20.4. The minimum atomic E-state index is -0.104. The van der Waals surface area contributed by atoms with Crippen molar-refractivity contribution >= 4 is 17.4 Å². The molecule has 1 aliphatic heterocycles. The van der Waals surface area contributed by atoms with Crippen LogP contribution < -0.4 is 15.0 Å². The molecule has 8 nitrogen and oxygen atoms in total. The molecule has 32 heavy (non-hydrogen) atoms. The van der Waals surface area contributed by atoms with Gasteiger partial charge in [0.2, 0.25) is 11.7 Å². The van der Waals surface area contributed by atoms with E-state index in [0.29, 0.717) is 36.3 Å². The van der Waals surface area contributed by atoms with E-state index < -0.39 is 0 Å². The van der Waals surface area contributed by atoms with Crippen LogP contribution in [0.2, 0.25) is 0 Å². The number of hydrogen-bond donors (Lipinski definition) is 1. The zero-order valence-corrected chi connectivity index (χ0v) is 18.4. The number of methoxy groups -OCH3 is 1. The van der Waals surface area contributed by atoms with E-state index in [0.717, 1.165) is 48.6 Å². The number of urea groups is 1. The summed E-state index contributed by atoms with van der Waals surface area (Å²) in [4.78, 5) is 21.4. The average Bonchev–Trinajstić information content (AvgIpc) is 3.56. The van der Waals surface area contributed by atoms with E-state index >= 15 is 0 Å². The fraction of sp³-hybridized carbons (Fsp3) is 0.375. The maximum Gasteiger partial charge on any atom is 0.322 e. The first-order valence-electron chi connectivity index (χ1n) is 11.0. The van der Waals surface area contributed by atoms with E-state index in [1.54, 1.807) is 7.11 Å². The van der Waals surface area contributed by atoms with E-state index in [4.69, 9.17) is 9.26 Å². The molecule has 1 aliphatic carbocycles. The van der Waals surface area contributed by atoms with Crippen molar-refractivity contribution in [1.29, 1.82) is 0 Å². The zero-order valence-electron chi connectivity index (χ0n) is 18.4. The van der Waals surface area contributed by atoms with Crippen molar-refractivity contribution in [2.45, 2.75) is 25.7 Å². The predicted molar refractivity (Wildman–Crippen MR) is 122 cm³/mol. The van der Waals surface area contributed by atoms with Crippen molar-refractivity contribution in [2.75, 3.05) is 43.5 Å². The Labute approximate surface area is 187 Å². The lowest BCUT2D eigenvalue weighted by atomic mass is 10.1. The number of benzene rings is 2. The van der Waals surface area contributed by atoms with Crippen molar-refractivity contribution in [2.24, 2.45) is 0 Å². The molecule has 0 bridgehead atoms. The van der Waals surface area contributed by atoms with E-state index in [2.05, 4.69) is 32.5 Å². The molecule has 5 rings (SSSR count). The molecule has 0 radical (unpaired) electrons. The first-order chi connectivity index (χ1) is 15.6. The summed E-state index contributed by atoms with van der Waals surface area (Å²) in [6, 6.07) is 13.9. The monoisotopic (exact) mass is 433 g/mol. The molecule has 2 aliphatic rings. The largest absolute Gasteiger partial charge is 0.495 e. The molecule has 1 N–H and O–H groups in total. The summed E-state index contributed by atoms with van der Waals surface area (Å²) in [5, 5.41) is 7.10. The molecule has 8 heteroatoms. The summed E-state index contributed by atoms with van der Waals surface area (Å²) < 4.78 is 10.7. The molecule has 3 aromatic rings. The van der Waals surface area contributed by atoms with Gasteiger partial charge in [0.1, 0.15) is 5.75 Å². The Morgan fingerprint density at radius 3 is 2.53 bits per heavy atom. The Bertz CT molecular complexity index is 1100. The lowest BCUT2D eigenvalue weighted by molar-refractivity contribution is 0.208. The van der Waals surface area contributed by atoms with Gasteiger partial charge in [0.05, 0.1) is 12.8 Å². The maximum absolute atomic E-state index is 12.8. The van der Waals surface area contributed by atoms with Crippen molar-refractivity contribution in [3.8, 4) is 17.1 Å². The second-order valence-corrected chi connectivity index (χ2v) is 8.39. The molecule has 2 aromatic carbocycles. The van der Waals surface area contributed by atoms with E-state index in [-0.39, 0.29) is 6.03 Å². The number of ether oxygens (including phenoxy) is 1. The molecule has 2 heterocycles. The van der Waals surface area contributed by atoms with Crippen LogP contribution in [0.1, 0.15) is 30.2 Å². The molecule has 0 atom stereocenters. The molecular formula is C24H27N5O3. The topological polar surface area (TPSA) is 83.7 Å². The highest BCUT2D eigenvalue weighted by Crippen LogP contribution is 2.39. The molecule has 1 saturated carbocycles. The lowest BCUT2D eigenvalue weighted by Gasteiger charge is -2.36. The van der Waals surface area contributed by atoms with Gasteiger partial charge in [0.25, 0.3) is 0 Å². The fourth-order valence-corrected chi connectivity index (χ4v) is 3.95. The smallest absolute Gasteiger partial charge is 0.322 e. The van der Waals surface area contributed by atoms with Crippen LogP contribution in [-0.4, -0.2) is 54.4 Å². The fourth-order valence-electron chi connectivity index (χ4n) is 3.95. The second-order valence-electron chi connectivity index (χ2n) is 8.39. The maximum atomic E-state index is 12.8. The Balaban J connectivity index is 1.18. The number of piperazine rings is 1. The molecule has 0 spiro atoms. The van der Waals surface area contributed by atoms with Gasteiger partial charge in [-0.25, -0.2) is 4.79 Å². The van der Waals surface area contributed by atoms with Gasteiger partial charge >= 0.3 is 6.03 Å². The second kappa shape index (κ2) is 8.53. The number of amides is 2. The number of nitrogens with zero attached hydrogens (tertiary/aromatic N) is 4. The number of aryl methyl sites for hydroxylation is 1. The summed E-state index contributed by atoms with van der Waals surface area (Å²) in [5.41, 5.74) is 3.84. The molecule has 2 amide bonds. The van der Waals surface area contributed by atoms with Gasteiger partial charge in [-0.05, 0) is 61.7 Å². The number of aromatic nitrogens is 2. The van der Waals surface area contributed by atoms with E-state index in [9.17, 15) is 4.79 Å². The van der Waals surface area contributed by atoms with Crippen LogP contribution in [-0.2, 0) is 0 Å². The molecule has 1 aromatic heterocycles. The number of carbonyl (C=O) groups is 1. The van der Waals surface area contributed by atoms with Gasteiger partial charge in [-0.3, -0.25) is 0 Å². The van der Waals surface area contributed by atoms with Crippen molar-refractivity contribution in [1.82, 2.24) is 15.0 Å². The third-order valence-corrected chi connectivity index (χ3v) is 6.02. The quantitative estimate of drug-likeness (QED) is 0.646. The van der Waals surface area contributed by atoms with Crippen LogP contribution in [0.5, 0.6) is 5.75 Å². The van der Waals surface area contributed by atoms with Crippen LogP contribution in [0, 0.1) is 6.92 Å². The summed E-state index contributed by atoms with van der Waals surface area (Å²) >= 11 is 0. The van der Waals surface area contributed by atoms with Gasteiger partial charge < -0.3 is 24.4 Å². The Kier molecular flexibility index (Phi) is 5.43. The van der Waals surface area contributed by atoms with Crippen LogP contribution in [0.15, 0.2) is 47.0 Å². The van der Waals surface area contributed by atoms with Crippen molar-refractivity contribution < 1.29 is 14.1 Å². The third kappa shape index (κ3) is 4.26. The van der Waals surface area contributed by atoms with E-state index in [1.165, 1.54) is 0 Å². The Hall–Kier alpha value is -3.55. The molecular weight excluding hydrogens is 406 g/mol. The molecule has 1 saturated heterocycles.